The predicted molar refractivity (Wildman–Crippen MR) is 95.0 cm³/mol. The first-order valence-corrected chi connectivity index (χ1v) is 8.81. The highest BCUT2D eigenvalue weighted by molar-refractivity contribution is 7.09. The molecule has 0 radical (unpaired) electrons. The zero-order chi connectivity index (χ0) is 19.1. The van der Waals surface area contributed by atoms with E-state index in [0.717, 1.165) is 4.88 Å². The Bertz CT molecular complexity index is 902. The van der Waals surface area contributed by atoms with Crippen LogP contribution in [0.4, 0.5) is 4.79 Å². The van der Waals surface area contributed by atoms with Crippen molar-refractivity contribution in [2.75, 3.05) is 6.61 Å². The van der Waals surface area contributed by atoms with Gasteiger partial charge < -0.3 is 14.5 Å². The van der Waals surface area contributed by atoms with Crippen LogP contribution < -0.4 is 10.6 Å². The molecule has 9 nitrogen and oxygen atoms in total. The highest BCUT2D eigenvalue weighted by atomic mass is 32.1. The number of rotatable bonds is 7. The van der Waals surface area contributed by atoms with Gasteiger partial charge in [-0.05, 0) is 29.6 Å². The van der Waals surface area contributed by atoms with Crippen LogP contribution in [0.15, 0.2) is 52.5 Å². The molecule has 3 amide bonds. The van der Waals surface area contributed by atoms with E-state index in [1.165, 1.54) is 17.4 Å². The van der Waals surface area contributed by atoms with Gasteiger partial charge in [-0.15, -0.1) is 11.3 Å². The number of hydrogen-bond donors (Lipinski definition) is 2. The van der Waals surface area contributed by atoms with E-state index in [-0.39, 0.29) is 5.76 Å². The molecule has 3 rings (SSSR count). The Morgan fingerprint density at radius 1 is 1.22 bits per heavy atom. The number of esters is 1. The standard InChI is InChI=1S/C17H16N4O5S/c22-15(20-17(24)18-9-13-3-1-8-27-13)11-25-16(23)14-5-4-12(26-14)10-21-7-2-6-19-21/h1-8H,9-11H2,(H2,18,20,22,24). The molecule has 0 saturated carbocycles. The number of nitrogens with one attached hydrogen (secondary N) is 2. The summed E-state index contributed by atoms with van der Waals surface area (Å²) in [5.41, 5.74) is 0. The van der Waals surface area contributed by atoms with E-state index in [9.17, 15) is 14.4 Å². The summed E-state index contributed by atoms with van der Waals surface area (Å²) in [6.07, 6.45) is 3.39. The summed E-state index contributed by atoms with van der Waals surface area (Å²) in [4.78, 5) is 36.2. The number of nitrogens with zero attached hydrogens (tertiary/aromatic N) is 2. The molecule has 0 aliphatic carbocycles. The molecule has 140 valence electrons. The van der Waals surface area contributed by atoms with Gasteiger partial charge in [0.15, 0.2) is 6.61 Å². The minimum absolute atomic E-state index is 0.0351. The molecule has 0 atom stereocenters. The Morgan fingerprint density at radius 3 is 2.85 bits per heavy atom. The van der Waals surface area contributed by atoms with E-state index < -0.39 is 24.5 Å². The van der Waals surface area contributed by atoms with E-state index in [2.05, 4.69) is 15.7 Å². The first-order chi connectivity index (χ1) is 13.1. The monoisotopic (exact) mass is 388 g/mol. The Hall–Kier alpha value is -3.40. The lowest BCUT2D eigenvalue weighted by molar-refractivity contribution is -0.123. The number of amides is 3. The van der Waals surface area contributed by atoms with Crippen molar-refractivity contribution in [3.8, 4) is 0 Å². The van der Waals surface area contributed by atoms with Crippen molar-refractivity contribution in [2.24, 2.45) is 0 Å². The Labute approximate surface area is 157 Å². The van der Waals surface area contributed by atoms with Gasteiger partial charge in [-0.25, -0.2) is 9.59 Å². The Balaban J connectivity index is 1.39. The van der Waals surface area contributed by atoms with Gasteiger partial charge in [-0.3, -0.25) is 14.8 Å². The lowest BCUT2D eigenvalue weighted by Crippen LogP contribution is -2.41. The molecular weight excluding hydrogens is 372 g/mol. The number of furan rings is 1. The van der Waals surface area contributed by atoms with Crippen LogP contribution in [0, 0.1) is 0 Å². The largest absolute Gasteiger partial charge is 0.452 e. The SMILES string of the molecule is O=C(COC(=O)c1ccc(Cn2cccn2)o1)NC(=O)NCc1cccs1. The Morgan fingerprint density at radius 2 is 2.11 bits per heavy atom. The Kier molecular flexibility index (Phi) is 6.00. The van der Waals surface area contributed by atoms with Crippen molar-refractivity contribution in [1.82, 2.24) is 20.4 Å². The second-order valence-corrected chi connectivity index (χ2v) is 6.39. The maximum atomic E-state index is 11.9. The molecule has 0 fully saturated rings. The van der Waals surface area contributed by atoms with Crippen LogP contribution in [0.3, 0.4) is 0 Å². The van der Waals surface area contributed by atoms with Gasteiger partial charge in [0.05, 0.1) is 13.1 Å². The molecule has 3 aromatic heterocycles. The van der Waals surface area contributed by atoms with Gasteiger partial charge in [-0.2, -0.15) is 5.10 Å². The van der Waals surface area contributed by atoms with Gasteiger partial charge in [0.2, 0.25) is 5.76 Å². The van der Waals surface area contributed by atoms with E-state index in [0.29, 0.717) is 18.8 Å². The van der Waals surface area contributed by atoms with Crippen LogP contribution in [0.2, 0.25) is 0 Å². The maximum absolute atomic E-state index is 11.9. The summed E-state index contributed by atoms with van der Waals surface area (Å²) >= 11 is 1.49. The number of hydrogen-bond acceptors (Lipinski definition) is 7. The average Bonchev–Trinajstić information content (AvgIpc) is 3.41. The fourth-order valence-electron chi connectivity index (χ4n) is 2.12. The summed E-state index contributed by atoms with van der Waals surface area (Å²) in [7, 11) is 0. The average molecular weight is 388 g/mol. The van der Waals surface area contributed by atoms with E-state index >= 15 is 0 Å². The van der Waals surface area contributed by atoms with Crippen LogP contribution in [-0.4, -0.2) is 34.3 Å². The molecule has 10 heteroatoms. The zero-order valence-corrected chi connectivity index (χ0v) is 14.9. The fraction of sp³-hybridized carbons (Fsp3) is 0.176. The third kappa shape index (κ3) is 5.54. The molecule has 0 spiro atoms. The quantitative estimate of drug-likeness (QED) is 0.596. The molecule has 27 heavy (non-hydrogen) atoms. The van der Waals surface area contributed by atoms with Gasteiger partial charge in [-0.1, -0.05) is 6.07 Å². The number of imide groups is 1. The molecule has 2 N–H and O–H groups in total. The van der Waals surface area contributed by atoms with Crippen LogP contribution >= 0.6 is 11.3 Å². The molecule has 3 aromatic rings. The highest BCUT2D eigenvalue weighted by Crippen LogP contribution is 2.10. The van der Waals surface area contributed by atoms with E-state index in [1.807, 2.05) is 17.5 Å². The van der Waals surface area contributed by atoms with E-state index in [4.69, 9.17) is 9.15 Å². The lowest BCUT2D eigenvalue weighted by atomic mass is 10.4. The number of aromatic nitrogens is 2. The summed E-state index contributed by atoms with van der Waals surface area (Å²) in [5.74, 6) is -1.05. The number of ether oxygens (including phenoxy) is 1. The van der Waals surface area contributed by atoms with Crippen LogP contribution in [0.5, 0.6) is 0 Å². The third-order valence-electron chi connectivity index (χ3n) is 3.33. The number of carbonyl (C=O) groups excluding carboxylic acids is 3. The topological polar surface area (TPSA) is 115 Å². The minimum Gasteiger partial charge on any atom is -0.452 e. The molecule has 0 bridgehead atoms. The zero-order valence-electron chi connectivity index (χ0n) is 14.1. The lowest BCUT2D eigenvalue weighted by Gasteiger charge is -2.06. The van der Waals surface area contributed by atoms with E-state index in [1.54, 1.807) is 29.2 Å². The molecule has 0 aromatic carbocycles. The van der Waals surface area contributed by atoms with Crippen molar-refractivity contribution >= 4 is 29.2 Å². The van der Waals surface area contributed by atoms with Crippen LogP contribution in [0.1, 0.15) is 21.2 Å². The van der Waals surface area contributed by atoms with Gasteiger partial charge in [0, 0.05) is 17.3 Å². The highest BCUT2D eigenvalue weighted by Gasteiger charge is 2.16. The second-order valence-electron chi connectivity index (χ2n) is 5.36. The molecule has 0 saturated heterocycles. The molecule has 0 unspecified atom stereocenters. The third-order valence-corrected chi connectivity index (χ3v) is 4.21. The number of thiophene rings is 1. The maximum Gasteiger partial charge on any atom is 0.374 e. The number of carbonyl (C=O) groups is 3. The van der Waals surface area contributed by atoms with Crippen molar-refractivity contribution in [3.05, 3.63) is 64.5 Å². The second kappa shape index (κ2) is 8.81. The van der Waals surface area contributed by atoms with Crippen LogP contribution in [0.25, 0.3) is 0 Å². The molecule has 0 aliphatic rings. The molecule has 3 heterocycles. The molecular formula is C17H16N4O5S. The van der Waals surface area contributed by atoms with Gasteiger partial charge in [0.25, 0.3) is 5.91 Å². The smallest absolute Gasteiger partial charge is 0.374 e. The van der Waals surface area contributed by atoms with Crippen molar-refractivity contribution in [2.45, 2.75) is 13.1 Å². The van der Waals surface area contributed by atoms with Crippen molar-refractivity contribution in [3.63, 3.8) is 0 Å². The predicted octanol–water partition coefficient (Wildman–Crippen LogP) is 1.77. The first-order valence-electron chi connectivity index (χ1n) is 7.93. The molecule has 0 aliphatic heterocycles. The normalized spacial score (nSPS) is 10.4. The van der Waals surface area contributed by atoms with Crippen molar-refractivity contribution in [1.29, 1.82) is 0 Å². The first kappa shape index (κ1) is 18.4. The minimum atomic E-state index is -0.796. The van der Waals surface area contributed by atoms with Crippen LogP contribution in [-0.2, 0) is 22.6 Å². The summed E-state index contributed by atoms with van der Waals surface area (Å²) in [5, 5.41) is 10.5. The van der Waals surface area contributed by atoms with Crippen molar-refractivity contribution < 1.29 is 23.5 Å². The van der Waals surface area contributed by atoms with Gasteiger partial charge >= 0.3 is 12.0 Å². The number of urea groups is 1. The summed E-state index contributed by atoms with van der Waals surface area (Å²) in [6.45, 7) is 0.0770. The summed E-state index contributed by atoms with van der Waals surface area (Å²) < 4.78 is 11.8. The summed E-state index contributed by atoms with van der Waals surface area (Å²) in [6, 6.07) is 7.90. The fourth-order valence-corrected chi connectivity index (χ4v) is 2.76. The van der Waals surface area contributed by atoms with Gasteiger partial charge in [0.1, 0.15) is 5.76 Å².